The molecule has 0 saturated carbocycles. The monoisotopic (exact) mass is 416 g/mol. The Balaban J connectivity index is 1.46. The molecule has 0 atom stereocenters. The van der Waals surface area contributed by atoms with E-state index in [2.05, 4.69) is 32.4 Å². The van der Waals surface area contributed by atoms with Crippen LogP contribution in [-0.2, 0) is 4.74 Å². The standard InChI is InChI=1S/C22H20N6O3/c29-22(30)16-3-1-2-15(12-16)19-13-28-21(23-14-24-28)20(26-19)25-17-4-6-18(7-5-17)27-8-10-31-11-9-27/h1-7,12-14H,8-11H2,(H,25,26)(H,29,30). The van der Waals surface area contributed by atoms with Gasteiger partial charge in [0.05, 0.1) is 30.7 Å². The van der Waals surface area contributed by atoms with Crippen molar-refractivity contribution in [1.29, 1.82) is 0 Å². The molecule has 1 aliphatic rings. The zero-order valence-corrected chi connectivity index (χ0v) is 16.6. The first-order chi connectivity index (χ1) is 15.2. The van der Waals surface area contributed by atoms with E-state index in [4.69, 9.17) is 9.72 Å². The minimum atomic E-state index is -0.984. The highest BCUT2D eigenvalue weighted by Crippen LogP contribution is 2.26. The summed E-state index contributed by atoms with van der Waals surface area (Å²) in [5.74, 6) is -0.447. The van der Waals surface area contributed by atoms with Crippen molar-refractivity contribution in [2.24, 2.45) is 0 Å². The number of morpholine rings is 1. The van der Waals surface area contributed by atoms with Crippen LogP contribution in [-0.4, -0.2) is 57.0 Å². The Labute approximate surface area is 177 Å². The van der Waals surface area contributed by atoms with Crippen LogP contribution in [0.3, 0.4) is 0 Å². The van der Waals surface area contributed by atoms with Gasteiger partial charge in [0.15, 0.2) is 11.5 Å². The number of hydrogen-bond donors (Lipinski definition) is 2. The van der Waals surface area contributed by atoms with Crippen molar-refractivity contribution < 1.29 is 14.6 Å². The van der Waals surface area contributed by atoms with Gasteiger partial charge >= 0.3 is 5.97 Å². The minimum absolute atomic E-state index is 0.200. The van der Waals surface area contributed by atoms with Crippen LogP contribution < -0.4 is 10.2 Å². The number of aromatic carboxylic acids is 1. The molecule has 2 N–H and O–H groups in total. The third kappa shape index (κ3) is 3.90. The second-order valence-corrected chi connectivity index (χ2v) is 7.16. The van der Waals surface area contributed by atoms with Crippen LogP contribution in [0.1, 0.15) is 10.4 Å². The zero-order valence-electron chi connectivity index (χ0n) is 16.6. The van der Waals surface area contributed by atoms with Gasteiger partial charge in [-0.2, -0.15) is 5.10 Å². The molecule has 0 spiro atoms. The second kappa shape index (κ2) is 8.04. The zero-order chi connectivity index (χ0) is 21.2. The molecule has 9 nitrogen and oxygen atoms in total. The van der Waals surface area contributed by atoms with E-state index in [0.717, 1.165) is 37.7 Å². The Kier molecular flexibility index (Phi) is 4.93. The van der Waals surface area contributed by atoms with Gasteiger partial charge in [-0.3, -0.25) is 0 Å². The number of carboxylic acid groups (broad SMARTS) is 1. The molecule has 31 heavy (non-hydrogen) atoms. The maximum atomic E-state index is 11.3. The van der Waals surface area contributed by atoms with Crippen molar-refractivity contribution in [1.82, 2.24) is 19.6 Å². The van der Waals surface area contributed by atoms with Crippen LogP contribution >= 0.6 is 0 Å². The predicted octanol–water partition coefficient (Wildman–Crippen LogP) is 3.07. The van der Waals surface area contributed by atoms with Crippen molar-refractivity contribution in [2.45, 2.75) is 0 Å². The van der Waals surface area contributed by atoms with Crippen LogP contribution in [0.2, 0.25) is 0 Å². The van der Waals surface area contributed by atoms with E-state index in [1.54, 1.807) is 28.9 Å². The van der Waals surface area contributed by atoms with Gasteiger partial charge in [0.1, 0.15) is 6.33 Å². The number of carbonyl (C=O) groups is 1. The first kappa shape index (κ1) is 19.0. The fourth-order valence-corrected chi connectivity index (χ4v) is 3.58. The Hall–Kier alpha value is -3.98. The van der Waals surface area contributed by atoms with Crippen LogP contribution in [0.15, 0.2) is 61.1 Å². The number of rotatable bonds is 5. The van der Waals surface area contributed by atoms with E-state index in [0.29, 0.717) is 22.7 Å². The maximum Gasteiger partial charge on any atom is 0.335 e. The van der Waals surface area contributed by atoms with E-state index in [1.807, 2.05) is 18.2 Å². The number of ether oxygens (including phenoxy) is 1. The van der Waals surface area contributed by atoms with Gasteiger partial charge in [0.2, 0.25) is 0 Å². The Morgan fingerprint density at radius 3 is 2.68 bits per heavy atom. The summed E-state index contributed by atoms with van der Waals surface area (Å²) < 4.78 is 7.04. The van der Waals surface area contributed by atoms with E-state index in [1.165, 1.54) is 6.33 Å². The predicted molar refractivity (Wildman–Crippen MR) is 116 cm³/mol. The molecule has 156 valence electrons. The molecule has 5 rings (SSSR count). The molecular formula is C22H20N6O3. The molecule has 3 heterocycles. The van der Waals surface area contributed by atoms with Crippen molar-refractivity contribution in [3.05, 3.63) is 66.6 Å². The van der Waals surface area contributed by atoms with Crippen molar-refractivity contribution >= 4 is 28.8 Å². The first-order valence-electron chi connectivity index (χ1n) is 9.91. The van der Waals surface area contributed by atoms with Gasteiger partial charge in [0.25, 0.3) is 0 Å². The van der Waals surface area contributed by atoms with E-state index < -0.39 is 5.97 Å². The highest BCUT2D eigenvalue weighted by molar-refractivity contribution is 5.89. The summed E-state index contributed by atoms with van der Waals surface area (Å²) in [6, 6.07) is 14.8. The van der Waals surface area contributed by atoms with Crippen molar-refractivity contribution in [3.8, 4) is 11.3 Å². The van der Waals surface area contributed by atoms with E-state index in [-0.39, 0.29) is 5.56 Å². The molecule has 0 amide bonds. The first-order valence-corrected chi connectivity index (χ1v) is 9.91. The number of aromatic nitrogens is 4. The van der Waals surface area contributed by atoms with Crippen LogP contribution in [0, 0.1) is 0 Å². The lowest BCUT2D eigenvalue weighted by molar-refractivity contribution is 0.0697. The number of fused-ring (bicyclic) bond motifs is 1. The van der Waals surface area contributed by atoms with Crippen LogP contribution in [0.5, 0.6) is 0 Å². The third-order valence-electron chi connectivity index (χ3n) is 5.17. The largest absolute Gasteiger partial charge is 0.478 e. The van der Waals surface area contributed by atoms with E-state index in [9.17, 15) is 9.90 Å². The van der Waals surface area contributed by atoms with Crippen molar-refractivity contribution in [3.63, 3.8) is 0 Å². The number of carboxylic acids is 1. The summed E-state index contributed by atoms with van der Waals surface area (Å²) in [6.45, 7) is 3.24. The summed E-state index contributed by atoms with van der Waals surface area (Å²) >= 11 is 0. The highest BCUT2D eigenvalue weighted by atomic mass is 16.5. The summed E-state index contributed by atoms with van der Waals surface area (Å²) in [5, 5.41) is 16.8. The summed E-state index contributed by atoms with van der Waals surface area (Å²) in [5.41, 5.74) is 4.07. The fraction of sp³-hybridized carbons (Fsp3) is 0.182. The summed E-state index contributed by atoms with van der Waals surface area (Å²) in [6.07, 6.45) is 3.19. The fourth-order valence-electron chi connectivity index (χ4n) is 3.58. The molecule has 2 aromatic carbocycles. The molecule has 2 aromatic heterocycles. The molecule has 0 radical (unpaired) electrons. The second-order valence-electron chi connectivity index (χ2n) is 7.16. The average molecular weight is 416 g/mol. The molecule has 0 aliphatic carbocycles. The third-order valence-corrected chi connectivity index (χ3v) is 5.17. The SMILES string of the molecule is O=C(O)c1cccc(-c2cn3ncnc3c(Nc3ccc(N4CCOCC4)cc3)n2)c1. The maximum absolute atomic E-state index is 11.3. The molecule has 1 saturated heterocycles. The lowest BCUT2D eigenvalue weighted by atomic mass is 10.1. The Morgan fingerprint density at radius 2 is 1.90 bits per heavy atom. The molecule has 9 heteroatoms. The van der Waals surface area contributed by atoms with E-state index >= 15 is 0 Å². The smallest absolute Gasteiger partial charge is 0.335 e. The van der Waals surface area contributed by atoms with Gasteiger partial charge < -0.3 is 20.1 Å². The Bertz CT molecular complexity index is 1230. The van der Waals surface area contributed by atoms with Crippen LogP contribution in [0.25, 0.3) is 16.9 Å². The van der Waals surface area contributed by atoms with Crippen molar-refractivity contribution in [2.75, 3.05) is 36.5 Å². The molecule has 1 fully saturated rings. The number of benzene rings is 2. The number of anilines is 3. The molecule has 0 bridgehead atoms. The topological polar surface area (TPSA) is 105 Å². The summed E-state index contributed by atoms with van der Waals surface area (Å²) in [4.78, 5) is 22.6. The number of hydrogen-bond acceptors (Lipinski definition) is 7. The molecule has 1 aliphatic heterocycles. The molecule has 4 aromatic rings. The van der Waals surface area contributed by atoms with Gasteiger partial charge in [-0.05, 0) is 36.4 Å². The lowest BCUT2D eigenvalue weighted by Crippen LogP contribution is -2.36. The van der Waals surface area contributed by atoms with Crippen LogP contribution in [0.4, 0.5) is 17.2 Å². The van der Waals surface area contributed by atoms with Gasteiger partial charge in [0, 0.05) is 30.0 Å². The minimum Gasteiger partial charge on any atom is -0.478 e. The van der Waals surface area contributed by atoms with Gasteiger partial charge in [-0.25, -0.2) is 19.3 Å². The van der Waals surface area contributed by atoms with Gasteiger partial charge in [-0.1, -0.05) is 12.1 Å². The summed E-state index contributed by atoms with van der Waals surface area (Å²) in [7, 11) is 0. The average Bonchev–Trinajstić information content (AvgIpc) is 3.29. The Morgan fingerprint density at radius 1 is 1.10 bits per heavy atom. The highest BCUT2D eigenvalue weighted by Gasteiger charge is 2.14. The van der Waals surface area contributed by atoms with Gasteiger partial charge in [-0.15, -0.1) is 0 Å². The number of nitrogens with one attached hydrogen (secondary N) is 1. The lowest BCUT2D eigenvalue weighted by Gasteiger charge is -2.28. The molecule has 0 unspecified atom stereocenters. The number of nitrogens with zero attached hydrogens (tertiary/aromatic N) is 5. The quantitative estimate of drug-likeness (QED) is 0.511. The molecular weight excluding hydrogens is 396 g/mol. The normalized spacial score (nSPS) is 14.0.